The standard InChI is InChI=1S/C10HF19N2OS2/c11-3(12,1(32)30(2(33)34)31(28)29)4(13,14)5(15,16)6(17,18)7(19,20)8(21,22)9(23,24)10(25,26)27/h(H,33,34). The molecule has 0 aromatic rings. The Kier molecular flexibility index (Phi) is 8.22. The van der Waals surface area contributed by atoms with Gasteiger partial charge in [-0.2, -0.15) is 79.6 Å². The van der Waals surface area contributed by atoms with E-state index in [2.05, 4.69) is 24.8 Å². The van der Waals surface area contributed by atoms with E-state index in [4.69, 9.17) is 0 Å². The maximum Gasteiger partial charge on any atom is 0.460 e. The molecule has 0 unspecified atom stereocenters. The number of amides is 1. The maximum absolute atomic E-state index is 13.5. The lowest BCUT2D eigenvalue weighted by Crippen LogP contribution is -2.75. The molecule has 0 rings (SSSR count). The molecule has 0 aliphatic heterocycles. The molecule has 0 atom stereocenters. The molecule has 0 radical (unpaired) electrons. The largest absolute Gasteiger partial charge is 0.460 e. The zero-order chi connectivity index (χ0) is 28.3. The summed E-state index contributed by atoms with van der Waals surface area (Å²) >= 11 is 6.10. The Bertz CT molecular complexity index is 805. The number of hydrogen-bond donors (Lipinski definition) is 1. The Balaban J connectivity index is 6.94. The van der Waals surface area contributed by atoms with Gasteiger partial charge in [0.25, 0.3) is 0 Å². The second-order valence-corrected chi connectivity index (χ2v) is 6.75. The summed E-state index contributed by atoms with van der Waals surface area (Å²) in [6.07, 6.45) is -7.93. The lowest BCUT2D eigenvalue weighted by atomic mass is 9.89. The van der Waals surface area contributed by atoms with E-state index in [0.29, 0.717) is 0 Å². The lowest BCUT2D eigenvalue weighted by Gasteiger charge is -2.42. The van der Waals surface area contributed by atoms with Crippen LogP contribution in [0.4, 0.5) is 83.6 Å². The summed E-state index contributed by atoms with van der Waals surface area (Å²) in [5, 5.41) is -2.23. The van der Waals surface area contributed by atoms with Gasteiger partial charge >= 0.3 is 53.5 Å². The van der Waals surface area contributed by atoms with Crippen LogP contribution in [0, 0.1) is 0 Å². The van der Waals surface area contributed by atoms with E-state index >= 15 is 0 Å². The molecule has 1 amide bonds. The minimum atomic E-state index is -8.96. The minimum absolute atomic E-state index is 2.22. The molecule has 0 heterocycles. The van der Waals surface area contributed by atoms with Crippen LogP contribution in [0.1, 0.15) is 0 Å². The number of thiol groups is 1. The highest BCUT2D eigenvalue weighted by molar-refractivity contribution is 8.11. The summed E-state index contributed by atoms with van der Waals surface area (Å²) in [6.45, 7) is 0. The average Bonchev–Trinajstić information content (AvgIpc) is 2.58. The van der Waals surface area contributed by atoms with Crippen molar-refractivity contribution in [1.29, 1.82) is 0 Å². The van der Waals surface area contributed by atoms with E-state index in [1.165, 1.54) is 0 Å². The molecule has 0 bridgehead atoms. The van der Waals surface area contributed by atoms with Gasteiger partial charge in [0, 0.05) is 0 Å². The SMILES string of the molecule is O=C(N(C(=S)S)N(F)F)C(F)(F)C(F)(F)C(F)(F)C(F)(F)C(F)(F)C(F)(F)C(F)(F)C(F)(F)F. The van der Waals surface area contributed by atoms with E-state index < -0.39 is 68.3 Å². The van der Waals surface area contributed by atoms with E-state index in [1.54, 1.807) is 0 Å². The Morgan fingerprint density at radius 2 is 0.824 bits per heavy atom. The van der Waals surface area contributed by atoms with Gasteiger partial charge in [-0.1, -0.05) is 21.2 Å². The Morgan fingerprint density at radius 1 is 0.559 bits per heavy atom. The van der Waals surface area contributed by atoms with E-state index in [0.717, 1.165) is 0 Å². The first kappa shape index (κ1) is 32.5. The van der Waals surface area contributed by atoms with Crippen molar-refractivity contribution < 1.29 is 88.4 Å². The van der Waals surface area contributed by atoms with Crippen LogP contribution < -0.4 is 0 Å². The zero-order valence-electron chi connectivity index (χ0n) is 14.3. The molecular formula is C10HF19N2OS2. The molecule has 0 N–H and O–H groups in total. The molecular weight excluding hydrogens is 589 g/mol. The molecule has 3 nitrogen and oxygen atoms in total. The first-order chi connectivity index (χ1) is 14.4. The molecule has 0 saturated carbocycles. The van der Waals surface area contributed by atoms with Gasteiger partial charge in [0.2, 0.25) is 0 Å². The van der Waals surface area contributed by atoms with Crippen molar-refractivity contribution in [3.63, 3.8) is 0 Å². The van der Waals surface area contributed by atoms with Gasteiger partial charge in [-0.05, 0) is 0 Å². The van der Waals surface area contributed by atoms with Gasteiger partial charge in [-0.25, -0.2) is 0 Å². The fourth-order valence-electron chi connectivity index (χ4n) is 1.65. The number of nitrogens with zero attached hydrogens (tertiary/aromatic N) is 2. The molecule has 0 spiro atoms. The molecule has 0 aliphatic rings. The summed E-state index contributed by atoms with van der Waals surface area (Å²) in [6, 6.07) is 0. The third-order valence-electron chi connectivity index (χ3n) is 3.52. The summed E-state index contributed by atoms with van der Waals surface area (Å²) in [5.41, 5.74) is -3.01. The molecule has 0 saturated heterocycles. The van der Waals surface area contributed by atoms with Gasteiger partial charge in [0.05, 0.1) is 0 Å². The predicted octanol–water partition coefficient (Wildman–Crippen LogP) is 6.03. The van der Waals surface area contributed by atoms with Gasteiger partial charge < -0.3 is 0 Å². The van der Waals surface area contributed by atoms with Crippen molar-refractivity contribution in [1.82, 2.24) is 10.5 Å². The Labute approximate surface area is 182 Å². The van der Waals surface area contributed by atoms with Crippen LogP contribution in [0.2, 0.25) is 0 Å². The van der Waals surface area contributed by atoms with Crippen LogP contribution in [-0.4, -0.2) is 68.3 Å². The first-order valence-corrected chi connectivity index (χ1v) is 7.69. The second-order valence-electron chi connectivity index (χ2n) is 5.63. The normalized spacial score (nSPS) is 15.6. The van der Waals surface area contributed by atoms with Crippen molar-refractivity contribution in [2.45, 2.75) is 47.6 Å². The number of halogens is 19. The monoisotopic (exact) mass is 590 g/mol. The van der Waals surface area contributed by atoms with Gasteiger partial charge in [-0.15, -0.1) is 12.6 Å². The van der Waals surface area contributed by atoms with Crippen molar-refractivity contribution in [2.75, 3.05) is 0 Å². The fourth-order valence-corrected chi connectivity index (χ4v) is 1.95. The summed E-state index contributed by atoms with van der Waals surface area (Å²) in [5.74, 6) is -64.4. The molecule has 24 heteroatoms. The van der Waals surface area contributed by atoms with Crippen molar-refractivity contribution >= 4 is 35.1 Å². The first-order valence-electron chi connectivity index (χ1n) is 6.83. The van der Waals surface area contributed by atoms with Crippen LogP contribution in [0.15, 0.2) is 0 Å². The third-order valence-corrected chi connectivity index (χ3v) is 3.88. The number of hydrogen-bond acceptors (Lipinski definition) is 3. The van der Waals surface area contributed by atoms with E-state index in [9.17, 15) is 88.4 Å². The van der Waals surface area contributed by atoms with E-state index in [-0.39, 0.29) is 0 Å². The number of rotatable bonds is 8. The molecule has 202 valence electrons. The van der Waals surface area contributed by atoms with E-state index in [1.807, 2.05) is 0 Å². The minimum Gasteiger partial charge on any atom is -0.265 e. The smallest absolute Gasteiger partial charge is 0.265 e. The van der Waals surface area contributed by atoms with Crippen LogP contribution in [0.5, 0.6) is 0 Å². The van der Waals surface area contributed by atoms with Crippen LogP contribution in [0.3, 0.4) is 0 Å². The Morgan fingerprint density at radius 3 is 1.06 bits per heavy atom. The zero-order valence-corrected chi connectivity index (χ0v) is 16.1. The van der Waals surface area contributed by atoms with Crippen molar-refractivity contribution in [2.24, 2.45) is 0 Å². The van der Waals surface area contributed by atoms with Crippen molar-refractivity contribution in [3.8, 4) is 0 Å². The molecule has 0 aromatic carbocycles. The topological polar surface area (TPSA) is 23.6 Å². The molecule has 0 fully saturated rings. The molecule has 0 aliphatic carbocycles. The van der Waals surface area contributed by atoms with Gasteiger partial charge in [-0.3, -0.25) is 4.79 Å². The number of hydrazine groups is 1. The maximum atomic E-state index is 13.5. The number of alkyl halides is 17. The Hall–Kier alpha value is -1.46. The quantitative estimate of drug-likeness (QED) is 0.123. The summed E-state index contributed by atoms with van der Waals surface area (Å²) in [7, 11) is 0. The predicted molar refractivity (Wildman–Crippen MR) is 73.2 cm³/mol. The number of carbonyl (C=O) groups is 1. The number of carbonyl (C=O) groups excluding carboxylic acids is 1. The fraction of sp³-hybridized carbons (Fsp3) is 0.800. The average molecular weight is 590 g/mol. The second kappa shape index (κ2) is 8.58. The van der Waals surface area contributed by atoms with Crippen LogP contribution >= 0.6 is 24.8 Å². The van der Waals surface area contributed by atoms with Crippen LogP contribution in [-0.2, 0) is 4.79 Å². The third kappa shape index (κ3) is 4.21. The van der Waals surface area contributed by atoms with Crippen molar-refractivity contribution in [3.05, 3.63) is 0 Å². The highest BCUT2D eigenvalue weighted by Gasteiger charge is 2.96. The highest BCUT2D eigenvalue weighted by atomic mass is 32.1. The molecule has 0 aromatic heterocycles. The highest BCUT2D eigenvalue weighted by Crippen LogP contribution is 2.64. The van der Waals surface area contributed by atoms with Gasteiger partial charge in [0.1, 0.15) is 5.45 Å². The number of thiocarbonyl (C=S) groups is 1. The van der Waals surface area contributed by atoms with Crippen LogP contribution in [0.25, 0.3) is 0 Å². The molecule has 34 heavy (non-hydrogen) atoms. The lowest BCUT2D eigenvalue weighted by molar-refractivity contribution is -0.460. The summed E-state index contributed by atoms with van der Waals surface area (Å²) in [4.78, 5) is 11.1. The van der Waals surface area contributed by atoms with Gasteiger partial charge in [0.15, 0.2) is 4.32 Å². The summed E-state index contributed by atoms with van der Waals surface area (Å²) < 4.78 is 244.